The average molecular weight is 263 g/mol. The molecule has 0 aliphatic heterocycles. The zero-order valence-electron chi connectivity index (χ0n) is 7.61. The van der Waals surface area contributed by atoms with Gasteiger partial charge in [0.05, 0.1) is 0 Å². The monoisotopic (exact) mass is 261 g/mol. The lowest BCUT2D eigenvalue weighted by Gasteiger charge is -2.05. The van der Waals surface area contributed by atoms with E-state index in [0.29, 0.717) is 0 Å². The molecule has 3 heteroatoms. The van der Waals surface area contributed by atoms with E-state index >= 15 is 0 Å². The average Bonchev–Trinajstić information content (AvgIpc) is 2.11. The van der Waals surface area contributed by atoms with Crippen LogP contribution in [0.1, 0.15) is 18.9 Å². The zero-order valence-corrected chi connectivity index (χ0v) is 9.95. The molecule has 0 aliphatic rings. The Balaban J connectivity index is 2.59. The lowest BCUT2D eigenvalue weighted by molar-refractivity contribution is 0.675. The summed E-state index contributed by atoms with van der Waals surface area (Å²) < 4.78 is 1.07. The van der Waals surface area contributed by atoms with Crippen LogP contribution in [0, 0.1) is 0 Å². The molecule has 0 fully saturated rings. The molecule has 13 heavy (non-hydrogen) atoms. The summed E-state index contributed by atoms with van der Waals surface area (Å²) in [6, 6.07) is 5.91. The Bertz CT molecular complexity index is 276. The Morgan fingerprint density at radius 2 is 2.23 bits per heavy atom. The highest BCUT2D eigenvalue weighted by atomic mass is 79.9. The van der Waals surface area contributed by atoms with Crippen LogP contribution in [0.25, 0.3) is 0 Å². The zero-order chi connectivity index (χ0) is 9.68. The molecule has 0 aliphatic carbocycles. The molecule has 1 rings (SSSR count). The Kier molecular flexibility index (Phi) is 4.78. The van der Waals surface area contributed by atoms with Crippen LogP contribution in [0.15, 0.2) is 22.7 Å². The van der Waals surface area contributed by atoms with Crippen molar-refractivity contribution < 1.29 is 0 Å². The number of rotatable bonds is 4. The third-order valence-electron chi connectivity index (χ3n) is 1.75. The van der Waals surface area contributed by atoms with Gasteiger partial charge in [-0.3, -0.25) is 0 Å². The summed E-state index contributed by atoms with van der Waals surface area (Å²) >= 11 is 9.43. The van der Waals surface area contributed by atoms with Crippen LogP contribution in [-0.2, 0) is 6.54 Å². The van der Waals surface area contributed by atoms with E-state index in [9.17, 15) is 0 Å². The Morgan fingerprint density at radius 3 is 2.92 bits per heavy atom. The summed E-state index contributed by atoms with van der Waals surface area (Å²) in [5.74, 6) is 0. The Hall–Kier alpha value is -0.0500. The van der Waals surface area contributed by atoms with Gasteiger partial charge in [0.1, 0.15) is 0 Å². The van der Waals surface area contributed by atoms with E-state index < -0.39 is 0 Å². The van der Waals surface area contributed by atoms with Crippen LogP contribution in [-0.4, -0.2) is 6.54 Å². The van der Waals surface area contributed by atoms with Gasteiger partial charge in [-0.15, -0.1) is 0 Å². The van der Waals surface area contributed by atoms with Crippen molar-refractivity contribution in [2.24, 2.45) is 0 Å². The minimum Gasteiger partial charge on any atom is -0.313 e. The van der Waals surface area contributed by atoms with Gasteiger partial charge in [0.15, 0.2) is 0 Å². The second kappa shape index (κ2) is 5.63. The van der Waals surface area contributed by atoms with E-state index in [2.05, 4.69) is 28.2 Å². The van der Waals surface area contributed by atoms with Crippen molar-refractivity contribution in [3.63, 3.8) is 0 Å². The molecule has 0 aromatic heterocycles. The Labute approximate surface area is 92.6 Å². The van der Waals surface area contributed by atoms with Gasteiger partial charge in [-0.25, -0.2) is 0 Å². The molecule has 1 N–H and O–H groups in total. The molecule has 0 unspecified atom stereocenters. The van der Waals surface area contributed by atoms with Crippen LogP contribution in [0.5, 0.6) is 0 Å². The molecule has 0 heterocycles. The van der Waals surface area contributed by atoms with E-state index in [1.54, 1.807) is 0 Å². The number of halogens is 2. The topological polar surface area (TPSA) is 12.0 Å². The predicted octanol–water partition coefficient (Wildman–Crippen LogP) is 3.60. The van der Waals surface area contributed by atoms with Crippen molar-refractivity contribution in [3.8, 4) is 0 Å². The van der Waals surface area contributed by atoms with Gasteiger partial charge in [0, 0.05) is 16.0 Å². The van der Waals surface area contributed by atoms with E-state index in [1.165, 1.54) is 0 Å². The van der Waals surface area contributed by atoms with Crippen molar-refractivity contribution in [2.75, 3.05) is 6.54 Å². The molecule has 1 aromatic rings. The molecule has 0 saturated carbocycles. The fourth-order valence-electron chi connectivity index (χ4n) is 1.08. The van der Waals surface area contributed by atoms with Gasteiger partial charge >= 0.3 is 0 Å². The van der Waals surface area contributed by atoms with Crippen LogP contribution in [0.3, 0.4) is 0 Å². The smallest absolute Gasteiger partial charge is 0.0451 e. The van der Waals surface area contributed by atoms with Gasteiger partial charge in [0.2, 0.25) is 0 Å². The summed E-state index contributed by atoms with van der Waals surface area (Å²) in [7, 11) is 0. The van der Waals surface area contributed by atoms with Crippen LogP contribution < -0.4 is 5.32 Å². The minimum atomic E-state index is 0.826. The molecular formula is C10H13BrClN. The first-order chi connectivity index (χ1) is 6.24. The van der Waals surface area contributed by atoms with Gasteiger partial charge in [-0.1, -0.05) is 34.5 Å². The number of hydrogen-bond donors (Lipinski definition) is 1. The number of nitrogens with one attached hydrogen (secondary N) is 1. The third-order valence-corrected chi connectivity index (χ3v) is 2.61. The normalized spacial score (nSPS) is 10.4. The van der Waals surface area contributed by atoms with Crippen LogP contribution in [0.4, 0.5) is 0 Å². The molecule has 0 bridgehead atoms. The molecule has 1 aromatic carbocycles. The fourth-order valence-corrected chi connectivity index (χ4v) is 1.67. The van der Waals surface area contributed by atoms with Gasteiger partial charge in [-0.2, -0.15) is 0 Å². The first kappa shape index (κ1) is 11.0. The molecule has 1 nitrogen and oxygen atoms in total. The summed E-state index contributed by atoms with van der Waals surface area (Å²) in [5, 5.41) is 4.14. The van der Waals surface area contributed by atoms with Gasteiger partial charge < -0.3 is 5.32 Å². The highest BCUT2D eigenvalue weighted by Gasteiger charge is 1.99. The summed E-state index contributed by atoms with van der Waals surface area (Å²) in [4.78, 5) is 0. The number of hydrogen-bond acceptors (Lipinski definition) is 1. The van der Waals surface area contributed by atoms with Crippen molar-refractivity contribution >= 4 is 27.5 Å². The maximum atomic E-state index is 6.01. The lowest BCUT2D eigenvalue weighted by atomic mass is 10.2. The molecule has 0 atom stereocenters. The summed E-state index contributed by atoms with van der Waals surface area (Å²) in [5.41, 5.74) is 1.14. The predicted molar refractivity (Wildman–Crippen MR) is 61.1 cm³/mol. The highest BCUT2D eigenvalue weighted by Crippen LogP contribution is 2.20. The summed E-state index contributed by atoms with van der Waals surface area (Å²) in [6.45, 7) is 4.02. The standard InChI is InChI=1S/C10H13BrClN/c1-2-5-13-7-8-6-9(11)3-4-10(8)12/h3-4,6,13H,2,5,7H2,1H3. The lowest BCUT2D eigenvalue weighted by Crippen LogP contribution is -2.13. The first-order valence-electron chi connectivity index (χ1n) is 4.38. The maximum Gasteiger partial charge on any atom is 0.0451 e. The van der Waals surface area contributed by atoms with Crippen molar-refractivity contribution in [3.05, 3.63) is 33.3 Å². The molecule has 0 spiro atoms. The number of benzene rings is 1. The van der Waals surface area contributed by atoms with Gasteiger partial charge in [0.25, 0.3) is 0 Å². The molecule has 72 valence electrons. The second-order valence-corrected chi connectivity index (χ2v) is 4.24. The fraction of sp³-hybridized carbons (Fsp3) is 0.400. The van der Waals surface area contributed by atoms with E-state index in [0.717, 1.165) is 34.6 Å². The SMILES string of the molecule is CCCNCc1cc(Br)ccc1Cl. The Morgan fingerprint density at radius 1 is 1.46 bits per heavy atom. The minimum absolute atomic E-state index is 0.826. The molecular weight excluding hydrogens is 249 g/mol. The largest absolute Gasteiger partial charge is 0.313 e. The second-order valence-electron chi connectivity index (χ2n) is 2.91. The van der Waals surface area contributed by atoms with Crippen LogP contribution >= 0.6 is 27.5 Å². The van der Waals surface area contributed by atoms with Crippen LogP contribution in [0.2, 0.25) is 5.02 Å². The molecule has 0 saturated heterocycles. The van der Waals surface area contributed by atoms with Gasteiger partial charge in [-0.05, 0) is 36.7 Å². The van der Waals surface area contributed by atoms with Crippen molar-refractivity contribution in [1.29, 1.82) is 0 Å². The van der Waals surface area contributed by atoms with Crippen molar-refractivity contribution in [1.82, 2.24) is 5.32 Å². The maximum absolute atomic E-state index is 6.01. The quantitative estimate of drug-likeness (QED) is 0.818. The van der Waals surface area contributed by atoms with E-state index in [1.807, 2.05) is 18.2 Å². The highest BCUT2D eigenvalue weighted by molar-refractivity contribution is 9.10. The molecule has 0 amide bonds. The molecule has 0 radical (unpaired) electrons. The van der Waals surface area contributed by atoms with E-state index in [4.69, 9.17) is 11.6 Å². The summed E-state index contributed by atoms with van der Waals surface area (Å²) in [6.07, 6.45) is 1.14. The van der Waals surface area contributed by atoms with Crippen molar-refractivity contribution in [2.45, 2.75) is 19.9 Å². The van der Waals surface area contributed by atoms with E-state index in [-0.39, 0.29) is 0 Å². The first-order valence-corrected chi connectivity index (χ1v) is 5.55. The third kappa shape index (κ3) is 3.67.